The molecule has 4 nitrogen and oxygen atoms in total. The van der Waals surface area contributed by atoms with E-state index in [-0.39, 0.29) is 5.91 Å². The summed E-state index contributed by atoms with van der Waals surface area (Å²) in [5.74, 6) is -0.173. The van der Waals surface area contributed by atoms with Gasteiger partial charge in [0.05, 0.1) is 6.33 Å². The Hall–Kier alpha value is -2.85. The Morgan fingerprint density at radius 3 is 2.50 bits per heavy atom. The first kappa shape index (κ1) is 18.0. The Morgan fingerprint density at radius 1 is 1.19 bits per heavy atom. The van der Waals surface area contributed by atoms with E-state index in [1.807, 2.05) is 12.3 Å². The number of halogens is 1. The molecule has 5 heteroatoms. The van der Waals surface area contributed by atoms with E-state index in [1.54, 1.807) is 36.7 Å². The van der Waals surface area contributed by atoms with Crippen LogP contribution in [0.2, 0.25) is 5.02 Å². The molecule has 2 aromatic carbocycles. The number of nitrogens with one attached hydrogen (secondary N) is 2. The summed E-state index contributed by atoms with van der Waals surface area (Å²) in [5, 5.41) is 3.46. The van der Waals surface area contributed by atoms with E-state index in [0.717, 1.165) is 28.8 Å². The molecule has 0 atom stereocenters. The predicted octanol–water partition coefficient (Wildman–Crippen LogP) is 4.92. The van der Waals surface area contributed by atoms with Crippen molar-refractivity contribution in [3.63, 3.8) is 0 Å². The molecule has 0 saturated carbocycles. The van der Waals surface area contributed by atoms with Gasteiger partial charge in [0.1, 0.15) is 0 Å². The van der Waals surface area contributed by atoms with Gasteiger partial charge < -0.3 is 10.3 Å². The standard InChI is InChI=1S/C21H20ClN3O/c1-14-9-16(11-19-12-23-13-24-19)10-15(2)20(14)7-8-21(26)25-18-5-3-17(22)4-6-18/h3-10,12-13H,11H2,1-2H3,(H,23,24)(H,25,26)/b8-7+. The summed E-state index contributed by atoms with van der Waals surface area (Å²) >= 11 is 5.85. The number of carbonyl (C=O) groups is 1. The van der Waals surface area contributed by atoms with Crippen molar-refractivity contribution in [2.24, 2.45) is 0 Å². The lowest BCUT2D eigenvalue weighted by molar-refractivity contribution is -0.111. The zero-order chi connectivity index (χ0) is 18.5. The molecular weight excluding hydrogens is 346 g/mol. The summed E-state index contributed by atoms with van der Waals surface area (Å²) in [6.45, 7) is 4.11. The number of anilines is 1. The number of amides is 1. The Balaban J connectivity index is 1.71. The number of nitrogens with zero attached hydrogens (tertiary/aromatic N) is 1. The second-order valence-electron chi connectivity index (χ2n) is 6.23. The number of hydrogen-bond acceptors (Lipinski definition) is 2. The number of aromatic nitrogens is 2. The molecular formula is C21H20ClN3O. The van der Waals surface area contributed by atoms with E-state index in [4.69, 9.17) is 11.6 Å². The molecule has 0 aliphatic heterocycles. The van der Waals surface area contributed by atoms with Gasteiger partial charge in [-0.15, -0.1) is 0 Å². The van der Waals surface area contributed by atoms with E-state index in [0.29, 0.717) is 10.7 Å². The summed E-state index contributed by atoms with van der Waals surface area (Å²) in [6, 6.07) is 11.3. The number of H-pyrrole nitrogens is 1. The summed E-state index contributed by atoms with van der Waals surface area (Å²) < 4.78 is 0. The van der Waals surface area contributed by atoms with Crippen molar-refractivity contribution in [2.45, 2.75) is 20.3 Å². The van der Waals surface area contributed by atoms with E-state index < -0.39 is 0 Å². The van der Waals surface area contributed by atoms with Gasteiger partial charge in [-0.25, -0.2) is 4.98 Å². The molecule has 0 unspecified atom stereocenters. The van der Waals surface area contributed by atoms with E-state index >= 15 is 0 Å². The number of hydrogen-bond donors (Lipinski definition) is 2. The molecule has 1 amide bonds. The molecule has 2 N–H and O–H groups in total. The average molecular weight is 366 g/mol. The molecule has 0 spiro atoms. The minimum absolute atomic E-state index is 0.173. The van der Waals surface area contributed by atoms with Crippen LogP contribution < -0.4 is 5.32 Å². The van der Waals surface area contributed by atoms with Gasteiger partial charge in [-0.2, -0.15) is 0 Å². The first-order valence-corrected chi connectivity index (χ1v) is 8.71. The smallest absolute Gasteiger partial charge is 0.248 e. The molecule has 0 radical (unpaired) electrons. The van der Waals surface area contributed by atoms with Crippen LogP contribution in [0.1, 0.15) is 27.9 Å². The highest BCUT2D eigenvalue weighted by Gasteiger charge is 2.05. The third kappa shape index (κ3) is 4.61. The lowest BCUT2D eigenvalue weighted by atomic mass is 9.97. The first-order valence-electron chi connectivity index (χ1n) is 8.33. The lowest BCUT2D eigenvalue weighted by Crippen LogP contribution is -2.07. The van der Waals surface area contributed by atoms with Crippen molar-refractivity contribution >= 4 is 29.3 Å². The average Bonchev–Trinajstić information content (AvgIpc) is 3.09. The number of aryl methyl sites for hydroxylation is 2. The molecule has 1 heterocycles. The highest BCUT2D eigenvalue weighted by molar-refractivity contribution is 6.30. The summed E-state index contributed by atoms with van der Waals surface area (Å²) in [7, 11) is 0. The maximum absolute atomic E-state index is 12.1. The van der Waals surface area contributed by atoms with Gasteiger partial charge >= 0.3 is 0 Å². The summed E-state index contributed by atoms with van der Waals surface area (Å²) in [6.07, 6.45) is 7.74. The largest absolute Gasteiger partial charge is 0.348 e. The molecule has 132 valence electrons. The fraction of sp³-hybridized carbons (Fsp3) is 0.143. The lowest BCUT2D eigenvalue weighted by Gasteiger charge is -2.09. The highest BCUT2D eigenvalue weighted by Crippen LogP contribution is 2.20. The van der Waals surface area contributed by atoms with Crippen molar-refractivity contribution in [3.8, 4) is 0 Å². The molecule has 0 aliphatic carbocycles. The van der Waals surface area contributed by atoms with Gasteiger partial charge in [-0.05, 0) is 66.4 Å². The molecule has 0 fully saturated rings. The van der Waals surface area contributed by atoms with E-state index in [2.05, 4.69) is 41.3 Å². The minimum Gasteiger partial charge on any atom is -0.348 e. The molecule has 0 aliphatic rings. The van der Waals surface area contributed by atoms with Crippen LogP contribution >= 0.6 is 11.6 Å². The van der Waals surface area contributed by atoms with Crippen molar-refractivity contribution in [3.05, 3.63) is 88.0 Å². The maximum Gasteiger partial charge on any atom is 0.248 e. The third-order valence-electron chi connectivity index (χ3n) is 4.12. The normalized spacial score (nSPS) is 11.0. The number of benzene rings is 2. The quantitative estimate of drug-likeness (QED) is 0.630. The van der Waals surface area contributed by atoms with Crippen LogP contribution in [0.5, 0.6) is 0 Å². The first-order chi connectivity index (χ1) is 12.5. The molecule has 3 rings (SSSR count). The molecule has 0 bridgehead atoms. The predicted molar refractivity (Wildman–Crippen MR) is 106 cm³/mol. The molecule has 26 heavy (non-hydrogen) atoms. The van der Waals surface area contributed by atoms with Gasteiger partial charge in [0.25, 0.3) is 0 Å². The summed E-state index contributed by atoms with van der Waals surface area (Å²) in [4.78, 5) is 19.3. The zero-order valence-electron chi connectivity index (χ0n) is 14.7. The van der Waals surface area contributed by atoms with Crippen molar-refractivity contribution in [1.29, 1.82) is 0 Å². The minimum atomic E-state index is -0.173. The molecule has 0 saturated heterocycles. The van der Waals surface area contributed by atoms with Gasteiger partial charge in [0.15, 0.2) is 0 Å². The maximum atomic E-state index is 12.1. The Labute approximate surface area is 157 Å². The van der Waals surface area contributed by atoms with E-state index in [9.17, 15) is 4.79 Å². The fourth-order valence-corrected chi connectivity index (χ4v) is 3.03. The van der Waals surface area contributed by atoms with E-state index in [1.165, 1.54) is 5.56 Å². The third-order valence-corrected chi connectivity index (χ3v) is 4.37. The number of aromatic amines is 1. The summed E-state index contributed by atoms with van der Waals surface area (Å²) in [5.41, 5.74) is 6.34. The van der Waals surface area contributed by atoms with Crippen molar-refractivity contribution < 1.29 is 4.79 Å². The molecule has 3 aromatic rings. The second-order valence-corrected chi connectivity index (χ2v) is 6.66. The molecule has 1 aromatic heterocycles. The monoisotopic (exact) mass is 365 g/mol. The number of carbonyl (C=O) groups excluding carboxylic acids is 1. The fourth-order valence-electron chi connectivity index (χ4n) is 2.91. The van der Waals surface area contributed by atoms with Crippen LogP contribution in [-0.4, -0.2) is 15.9 Å². The van der Waals surface area contributed by atoms with Gasteiger partial charge in [-0.1, -0.05) is 23.7 Å². The van der Waals surface area contributed by atoms with Crippen molar-refractivity contribution in [2.75, 3.05) is 5.32 Å². The SMILES string of the molecule is Cc1cc(Cc2cnc[nH]2)cc(C)c1/C=C/C(=O)Nc1ccc(Cl)cc1. The van der Waals surface area contributed by atoms with Crippen LogP contribution in [0.15, 0.2) is 55.0 Å². The van der Waals surface area contributed by atoms with Gasteiger partial charge in [-0.3, -0.25) is 4.79 Å². The van der Waals surface area contributed by atoms with Crippen LogP contribution in [-0.2, 0) is 11.2 Å². The van der Waals surface area contributed by atoms with Crippen LogP contribution in [0.3, 0.4) is 0 Å². The Morgan fingerprint density at radius 2 is 1.88 bits per heavy atom. The van der Waals surface area contributed by atoms with Crippen molar-refractivity contribution in [1.82, 2.24) is 9.97 Å². The van der Waals surface area contributed by atoms with Crippen LogP contribution in [0.25, 0.3) is 6.08 Å². The van der Waals surface area contributed by atoms with Crippen LogP contribution in [0.4, 0.5) is 5.69 Å². The topological polar surface area (TPSA) is 57.8 Å². The van der Waals surface area contributed by atoms with Gasteiger partial charge in [0, 0.05) is 35.1 Å². The number of rotatable bonds is 5. The zero-order valence-corrected chi connectivity index (χ0v) is 15.5. The second kappa shape index (κ2) is 8.02. The Kier molecular flexibility index (Phi) is 5.54. The highest BCUT2D eigenvalue weighted by atomic mass is 35.5. The Bertz CT molecular complexity index is 905. The van der Waals surface area contributed by atoms with Gasteiger partial charge in [0.2, 0.25) is 5.91 Å². The number of imidazole rings is 1. The van der Waals surface area contributed by atoms with Crippen LogP contribution in [0, 0.1) is 13.8 Å².